The van der Waals surface area contributed by atoms with E-state index in [4.69, 9.17) is 14.2 Å². The number of hydrogen-bond donors (Lipinski definition) is 1. The molecule has 7 heteroatoms. The fourth-order valence-electron chi connectivity index (χ4n) is 2.12. The molecule has 0 fully saturated rings. The molecule has 0 atom stereocenters. The number of amides is 1. The summed E-state index contributed by atoms with van der Waals surface area (Å²) in [5.41, 5.74) is 1.37. The van der Waals surface area contributed by atoms with Crippen molar-refractivity contribution in [2.75, 3.05) is 25.6 Å². The molecule has 0 aliphatic rings. The molecule has 0 aliphatic carbocycles. The van der Waals surface area contributed by atoms with Gasteiger partial charge in [-0.3, -0.25) is 9.59 Å². The van der Waals surface area contributed by atoms with Crippen molar-refractivity contribution < 1.29 is 28.6 Å². The molecule has 0 spiro atoms. The number of carbonyl (C=O) groups is 3. The van der Waals surface area contributed by atoms with E-state index in [0.717, 1.165) is 0 Å². The molecule has 2 aromatic carbocycles. The lowest BCUT2D eigenvalue weighted by atomic mass is 10.2. The highest BCUT2D eigenvalue weighted by molar-refractivity contribution is 5.93. The van der Waals surface area contributed by atoms with E-state index >= 15 is 0 Å². The van der Waals surface area contributed by atoms with Crippen molar-refractivity contribution in [1.82, 2.24) is 0 Å². The predicted molar refractivity (Wildman–Crippen MR) is 94.9 cm³/mol. The Morgan fingerprint density at radius 1 is 1.08 bits per heavy atom. The molecule has 2 rings (SSSR count). The monoisotopic (exact) mass is 357 g/mol. The average Bonchev–Trinajstić information content (AvgIpc) is 2.67. The van der Waals surface area contributed by atoms with Crippen LogP contribution >= 0.6 is 0 Å². The minimum absolute atomic E-state index is 0.240. The first kappa shape index (κ1) is 19.0. The Hall–Kier alpha value is -3.35. The number of rotatable bonds is 8. The largest absolute Gasteiger partial charge is 0.493 e. The Morgan fingerprint density at radius 2 is 1.81 bits per heavy atom. The Labute approximate surface area is 150 Å². The van der Waals surface area contributed by atoms with E-state index in [0.29, 0.717) is 41.2 Å². The highest BCUT2D eigenvalue weighted by Gasteiger charge is 2.10. The van der Waals surface area contributed by atoms with Crippen molar-refractivity contribution in [2.45, 2.75) is 6.92 Å². The van der Waals surface area contributed by atoms with Crippen molar-refractivity contribution >= 4 is 23.9 Å². The first-order valence-electron chi connectivity index (χ1n) is 7.90. The topological polar surface area (TPSA) is 90.9 Å². The summed E-state index contributed by atoms with van der Waals surface area (Å²) in [7, 11) is 1.45. The van der Waals surface area contributed by atoms with Gasteiger partial charge in [0, 0.05) is 11.3 Å². The van der Waals surface area contributed by atoms with Crippen LogP contribution in [-0.4, -0.2) is 38.5 Å². The zero-order chi connectivity index (χ0) is 18.9. The summed E-state index contributed by atoms with van der Waals surface area (Å²) in [6, 6.07) is 11.0. The molecule has 0 saturated carbocycles. The summed E-state index contributed by atoms with van der Waals surface area (Å²) < 4.78 is 15.5. The first-order valence-corrected chi connectivity index (χ1v) is 7.90. The number of nitrogens with one attached hydrogen (secondary N) is 1. The van der Waals surface area contributed by atoms with Crippen LogP contribution < -0.4 is 14.8 Å². The van der Waals surface area contributed by atoms with Gasteiger partial charge in [-0.2, -0.15) is 0 Å². The van der Waals surface area contributed by atoms with Crippen LogP contribution in [0.3, 0.4) is 0 Å². The zero-order valence-corrected chi connectivity index (χ0v) is 14.5. The highest BCUT2D eigenvalue weighted by atomic mass is 16.5. The molecule has 2 aromatic rings. The quantitative estimate of drug-likeness (QED) is 0.577. The molecule has 0 unspecified atom stereocenters. The van der Waals surface area contributed by atoms with Crippen LogP contribution in [0.15, 0.2) is 42.5 Å². The molecule has 0 heterocycles. The second kappa shape index (κ2) is 9.22. The van der Waals surface area contributed by atoms with Gasteiger partial charge < -0.3 is 19.5 Å². The third-order valence-corrected chi connectivity index (χ3v) is 3.36. The molecule has 0 bridgehead atoms. The number of methoxy groups -OCH3 is 1. The van der Waals surface area contributed by atoms with E-state index in [-0.39, 0.29) is 12.5 Å². The third kappa shape index (κ3) is 5.07. The minimum atomic E-state index is -0.417. The van der Waals surface area contributed by atoms with Crippen LogP contribution in [0.4, 0.5) is 5.69 Å². The van der Waals surface area contributed by atoms with Gasteiger partial charge in [0.1, 0.15) is 6.29 Å². The molecule has 7 nitrogen and oxygen atoms in total. The number of anilines is 1. The van der Waals surface area contributed by atoms with Gasteiger partial charge in [0.2, 0.25) is 0 Å². The number of aldehydes is 1. The van der Waals surface area contributed by atoms with Gasteiger partial charge in [-0.25, -0.2) is 4.79 Å². The third-order valence-electron chi connectivity index (χ3n) is 3.36. The van der Waals surface area contributed by atoms with Gasteiger partial charge in [0.05, 0.1) is 19.3 Å². The summed E-state index contributed by atoms with van der Waals surface area (Å²) in [5, 5.41) is 2.66. The second-order valence-corrected chi connectivity index (χ2v) is 5.16. The molecule has 0 radical (unpaired) electrons. The molecule has 0 saturated heterocycles. The molecule has 136 valence electrons. The maximum absolute atomic E-state index is 12.0. The fourth-order valence-corrected chi connectivity index (χ4v) is 2.12. The van der Waals surface area contributed by atoms with E-state index in [9.17, 15) is 14.4 Å². The molecule has 26 heavy (non-hydrogen) atoms. The van der Waals surface area contributed by atoms with Gasteiger partial charge in [0.25, 0.3) is 5.91 Å². The van der Waals surface area contributed by atoms with Crippen LogP contribution in [0.2, 0.25) is 0 Å². The maximum atomic E-state index is 12.0. The lowest BCUT2D eigenvalue weighted by molar-refractivity contribution is -0.118. The highest BCUT2D eigenvalue weighted by Crippen LogP contribution is 2.27. The number of esters is 1. The van der Waals surface area contributed by atoms with Crippen LogP contribution in [0.5, 0.6) is 11.5 Å². The van der Waals surface area contributed by atoms with Crippen LogP contribution in [-0.2, 0) is 9.53 Å². The Morgan fingerprint density at radius 3 is 2.42 bits per heavy atom. The van der Waals surface area contributed by atoms with E-state index in [2.05, 4.69) is 5.32 Å². The predicted octanol–water partition coefficient (Wildman–Crippen LogP) is 2.70. The zero-order valence-electron chi connectivity index (χ0n) is 14.5. The molecule has 1 amide bonds. The molecular weight excluding hydrogens is 338 g/mol. The van der Waals surface area contributed by atoms with Crippen molar-refractivity contribution in [3.8, 4) is 11.5 Å². The number of carbonyl (C=O) groups excluding carboxylic acids is 3. The van der Waals surface area contributed by atoms with Crippen molar-refractivity contribution in [3.63, 3.8) is 0 Å². The van der Waals surface area contributed by atoms with E-state index < -0.39 is 5.97 Å². The molecular formula is C19H19NO6. The second-order valence-electron chi connectivity index (χ2n) is 5.16. The summed E-state index contributed by atoms with van der Waals surface area (Å²) in [4.78, 5) is 34.4. The van der Waals surface area contributed by atoms with Crippen molar-refractivity contribution in [1.29, 1.82) is 0 Å². The maximum Gasteiger partial charge on any atom is 0.338 e. The summed E-state index contributed by atoms with van der Waals surface area (Å²) in [6.45, 7) is 1.79. The molecule has 1 N–H and O–H groups in total. The Balaban J connectivity index is 1.93. The number of hydrogen-bond acceptors (Lipinski definition) is 6. The molecule has 0 aromatic heterocycles. The van der Waals surface area contributed by atoms with Gasteiger partial charge in [0.15, 0.2) is 18.1 Å². The first-order chi connectivity index (χ1) is 12.6. The van der Waals surface area contributed by atoms with Gasteiger partial charge >= 0.3 is 5.97 Å². The summed E-state index contributed by atoms with van der Waals surface area (Å²) in [6.07, 6.45) is 0.693. The van der Waals surface area contributed by atoms with Gasteiger partial charge in [-0.15, -0.1) is 0 Å². The fraction of sp³-hybridized carbons (Fsp3) is 0.211. The number of benzene rings is 2. The summed E-state index contributed by atoms with van der Waals surface area (Å²) in [5.74, 6) is -0.0814. The molecule has 0 aliphatic heterocycles. The minimum Gasteiger partial charge on any atom is -0.493 e. The Bertz CT molecular complexity index is 785. The SMILES string of the molecule is CCOC(=O)c1ccc(NC(=O)COc2ccc(C=O)cc2OC)cc1. The van der Waals surface area contributed by atoms with E-state index in [1.807, 2.05) is 0 Å². The van der Waals surface area contributed by atoms with Crippen molar-refractivity contribution in [2.24, 2.45) is 0 Å². The van der Waals surface area contributed by atoms with Crippen molar-refractivity contribution in [3.05, 3.63) is 53.6 Å². The van der Waals surface area contributed by atoms with Gasteiger partial charge in [-0.1, -0.05) is 0 Å². The Kier molecular flexibility index (Phi) is 6.73. The lowest BCUT2D eigenvalue weighted by Gasteiger charge is -2.11. The normalized spacial score (nSPS) is 9.92. The van der Waals surface area contributed by atoms with Crippen LogP contribution in [0, 0.1) is 0 Å². The lowest BCUT2D eigenvalue weighted by Crippen LogP contribution is -2.20. The summed E-state index contributed by atoms with van der Waals surface area (Å²) >= 11 is 0. The van der Waals surface area contributed by atoms with E-state index in [1.54, 1.807) is 43.3 Å². The standard InChI is InChI=1S/C19H19NO6/c1-3-25-19(23)14-5-7-15(8-6-14)20-18(22)12-26-16-9-4-13(11-21)10-17(16)24-2/h4-11H,3,12H2,1-2H3,(H,20,22). The van der Waals surface area contributed by atoms with Crippen LogP contribution in [0.25, 0.3) is 0 Å². The number of ether oxygens (including phenoxy) is 3. The van der Waals surface area contributed by atoms with E-state index in [1.165, 1.54) is 13.2 Å². The average molecular weight is 357 g/mol. The van der Waals surface area contributed by atoms with Gasteiger partial charge in [-0.05, 0) is 49.4 Å². The smallest absolute Gasteiger partial charge is 0.338 e. The van der Waals surface area contributed by atoms with Crippen LogP contribution in [0.1, 0.15) is 27.6 Å².